The number of carboxylic acids is 1. The number of hydrogen-bond donors (Lipinski definition) is 2. The summed E-state index contributed by atoms with van der Waals surface area (Å²) in [7, 11) is 0. The lowest BCUT2D eigenvalue weighted by atomic mass is 9.86. The molecule has 0 aromatic carbocycles. The molecule has 0 radical (unpaired) electrons. The summed E-state index contributed by atoms with van der Waals surface area (Å²) in [4.78, 5) is 15.0. The molecule has 0 saturated heterocycles. The van der Waals surface area contributed by atoms with E-state index in [9.17, 15) is 4.79 Å². The molecule has 3 N–H and O–H groups in total. The van der Waals surface area contributed by atoms with E-state index >= 15 is 0 Å². The Balaban J connectivity index is 2.29. The zero-order valence-electron chi connectivity index (χ0n) is 7.73. The lowest BCUT2D eigenvalue weighted by Crippen LogP contribution is -2.22. The zero-order chi connectivity index (χ0) is 10.1. The number of anilines is 1. The number of rotatable bonds is 1. The molecule has 1 atom stereocenters. The summed E-state index contributed by atoms with van der Waals surface area (Å²) in [5.41, 5.74) is 8.19. The molecule has 0 spiro atoms. The summed E-state index contributed by atoms with van der Waals surface area (Å²) in [6, 6.07) is 1.83. The second-order valence-corrected chi connectivity index (χ2v) is 3.65. The fourth-order valence-electron chi connectivity index (χ4n) is 1.85. The van der Waals surface area contributed by atoms with Crippen LogP contribution in [0.4, 0.5) is 5.69 Å². The molecule has 0 saturated carbocycles. The lowest BCUT2D eigenvalue weighted by molar-refractivity contribution is -0.142. The van der Waals surface area contributed by atoms with Gasteiger partial charge in [0.25, 0.3) is 0 Å². The van der Waals surface area contributed by atoms with Crippen LogP contribution in [0.2, 0.25) is 0 Å². The summed E-state index contributed by atoms with van der Waals surface area (Å²) in [5, 5.41) is 8.88. The van der Waals surface area contributed by atoms with Crippen LogP contribution in [0.15, 0.2) is 12.3 Å². The molecule has 4 nitrogen and oxygen atoms in total. The topological polar surface area (TPSA) is 76.2 Å². The third-order valence-corrected chi connectivity index (χ3v) is 2.63. The predicted molar refractivity (Wildman–Crippen MR) is 51.8 cm³/mol. The highest BCUT2D eigenvalue weighted by Crippen LogP contribution is 2.25. The van der Waals surface area contributed by atoms with Crippen molar-refractivity contribution < 1.29 is 9.90 Å². The number of carboxylic acid groups (broad SMARTS) is 1. The number of carbonyl (C=O) groups is 1. The number of aromatic nitrogens is 1. The van der Waals surface area contributed by atoms with Gasteiger partial charge in [0.1, 0.15) is 0 Å². The SMILES string of the molecule is Nc1cnc2c(c1)CC(C(=O)O)CC2. The van der Waals surface area contributed by atoms with Crippen LogP contribution in [0, 0.1) is 5.92 Å². The van der Waals surface area contributed by atoms with Gasteiger partial charge in [0.05, 0.1) is 17.8 Å². The quantitative estimate of drug-likeness (QED) is 0.691. The number of pyridine rings is 1. The molecule has 2 rings (SSSR count). The van der Waals surface area contributed by atoms with Gasteiger partial charge in [-0.1, -0.05) is 0 Å². The van der Waals surface area contributed by atoms with Crippen molar-refractivity contribution in [3.63, 3.8) is 0 Å². The molecule has 4 heteroatoms. The van der Waals surface area contributed by atoms with Gasteiger partial charge in [-0.3, -0.25) is 9.78 Å². The normalized spacial score (nSPS) is 20.1. The molecule has 1 unspecified atom stereocenters. The van der Waals surface area contributed by atoms with Crippen LogP contribution in [0.1, 0.15) is 17.7 Å². The van der Waals surface area contributed by atoms with Gasteiger partial charge in [0.15, 0.2) is 0 Å². The van der Waals surface area contributed by atoms with Crippen LogP contribution in [0.3, 0.4) is 0 Å². The van der Waals surface area contributed by atoms with Gasteiger partial charge in [-0.05, 0) is 30.9 Å². The average molecular weight is 192 g/mol. The van der Waals surface area contributed by atoms with E-state index in [1.807, 2.05) is 6.07 Å². The van der Waals surface area contributed by atoms with Crippen LogP contribution >= 0.6 is 0 Å². The van der Waals surface area contributed by atoms with Gasteiger partial charge < -0.3 is 10.8 Å². The van der Waals surface area contributed by atoms with Crippen molar-refractivity contribution in [2.24, 2.45) is 5.92 Å². The van der Waals surface area contributed by atoms with E-state index in [4.69, 9.17) is 10.8 Å². The zero-order valence-corrected chi connectivity index (χ0v) is 7.73. The molecular weight excluding hydrogens is 180 g/mol. The van der Waals surface area contributed by atoms with E-state index in [1.54, 1.807) is 6.20 Å². The minimum atomic E-state index is -0.724. The van der Waals surface area contributed by atoms with Crippen molar-refractivity contribution in [2.75, 3.05) is 5.73 Å². The summed E-state index contributed by atoms with van der Waals surface area (Å²) < 4.78 is 0. The Kier molecular flexibility index (Phi) is 2.11. The molecule has 1 heterocycles. The molecule has 0 aliphatic heterocycles. The van der Waals surface area contributed by atoms with Gasteiger partial charge in [0.2, 0.25) is 0 Å². The maximum Gasteiger partial charge on any atom is 0.306 e. The Labute approximate surface area is 81.8 Å². The molecule has 0 bridgehead atoms. The van der Waals surface area contributed by atoms with Crippen LogP contribution in [0.5, 0.6) is 0 Å². The number of nitrogens with two attached hydrogens (primary N) is 1. The lowest BCUT2D eigenvalue weighted by Gasteiger charge is -2.20. The standard InChI is InChI=1S/C10H12N2O2/c11-8-4-7-3-6(10(13)14)1-2-9(7)12-5-8/h4-6H,1-3,11H2,(H,13,14). The van der Waals surface area contributed by atoms with Gasteiger partial charge in [-0.25, -0.2) is 0 Å². The summed E-state index contributed by atoms with van der Waals surface area (Å²) in [6.07, 6.45) is 3.61. The van der Waals surface area contributed by atoms with Gasteiger partial charge >= 0.3 is 5.97 Å². The number of aliphatic carboxylic acids is 1. The van der Waals surface area contributed by atoms with Crippen LogP contribution in [-0.2, 0) is 17.6 Å². The highest BCUT2D eigenvalue weighted by molar-refractivity contribution is 5.71. The van der Waals surface area contributed by atoms with Crippen LogP contribution < -0.4 is 5.73 Å². The van der Waals surface area contributed by atoms with E-state index in [0.717, 1.165) is 17.7 Å². The highest BCUT2D eigenvalue weighted by Gasteiger charge is 2.24. The molecule has 0 fully saturated rings. The van der Waals surface area contributed by atoms with Gasteiger partial charge in [-0.2, -0.15) is 0 Å². The highest BCUT2D eigenvalue weighted by atomic mass is 16.4. The number of nitrogen functional groups attached to an aromatic ring is 1. The van der Waals surface area contributed by atoms with Crippen molar-refractivity contribution >= 4 is 11.7 Å². The first-order valence-corrected chi connectivity index (χ1v) is 4.63. The first-order chi connectivity index (χ1) is 6.66. The average Bonchev–Trinajstić information content (AvgIpc) is 2.16. The molecule has 0 amide bonds. The van der Waals surface area contributed by atoms with Gasteiger partial charge in [0, 0.05) is 5.69 Å². The second-order valence-electron chi connectivity index (χ2n) is 3.65. The Morgan fingerprint density at radius 3 is 3.14 bits per heavy atom. The Morgan fingerprint density at radius 1 is 1.64 bits per heavy atom. The minimum Gasteiger partial charge on any atom is -0.481 e. The first-order valence-electron chi connectivity index (χ1n) is 4.63. The van der Waals surface area contributed by atoms with Crippen molar-refractivity contribution in [3.8, 4) is 0 Å². The summed E-state index contributed by atoms with van der Waals surface area (Å²) >= 11 is 0. The molecule has 14 heavy (non-hydrogen) atoms. The summed E-state index contributed by atoms with van der Waals surface area (Å²) in [6.45, 7) is 0. The fraction of sp³-hybridized carbons (Fsp3) is 0.400. The van der Waals surface area contributed by atoms with Crippen LogP contribution in [-0.4, -0.2) is 16.1 Å². The first kappa shape index (κ1) is 8.99. The predicted octanol–water partition coefficient (Wildman–Crippen LogP) is 0.853. The molecular formula is C10H12N2O2. The van der Waals surface area contributed by atoms with Crippen molar-refractivity contribution in [3.05, 3.63) is 23.5 Å². The monoisotopic (exact) mass is 192 g/mol. The van der Waals surface area contributed by atoms with Crippen molar-refractivity contribution in [1.29, 1.82) is 0 Å². The molecule has 1 aliphatic rings. The fourth-order valence-corrected chi connectivity index (χ4v) is 1.85. The van der Waals surface area contributed by atoms with Crippen molar-refractivity contribution in [1.82, 2.24) is 4.98 Å². The number of nitrogens with zero attached hydrogens (tertiary/aromatic N) is 1. The van der Waals surface area contributed by atoms with E-state index in [1.165, 1.54) is 0 Å². The van der Waals surface area contributed by atoms with Crippen molar-refractivity contribution in [2.45, 2.75) is 19.3 Å². The number of fused-ring (bicyclic) bond motifs is 1. The molecule has 1 aromatic rings. The van der Waals surface area contributed by atoms with Gasteiger partial charge in [-0.15, -0.1) is 0 Å². The largest absolute Gasteiger partial charge is 0.481 e. The van der Waals surface area contributed by atoms with Crippen LogP contribution in [0.25, 0.3) is 0 Å². The van der Waals surface area contributed by atoms with E-state index in [-0.39, 0.29) is 5.92 Å². The molecule has 74 valence electrons. The maximum atomic E-state index is 10.8. The number of aryl methyl sites for hydroxylation is 1. The second kappa shape index (κ2) is 3.29. The number of hydrogen-bond acceptors (Lipinski definition) is 3. The Morgan fingerprint density at radius 2 is 2.43 bits per heavy atom. The van der Waals surface area contributed by atoms with E-state index < -0.39 is 5.97 Å². The maximum absolute atomic E-state index is 10.8. The molecule has 1 aliphatic carbocycles. The third kappa shape index (κ3) is 1.55. The molecule has 1 aromatic heterocycles. The minimum absolute atomic E-state index is 0.272. The van der Waals surface area contributed by atoms with E-state index in [0.29, 0.717) is 18.5 Å². The Hall–Kier alpha value is -1.58. The third-order valence-electron chi connectivity index (χ3n) is 2.63. The van der Waals surface area contributed by atoms with E-state index in [2.05, 4.69) is 4.98 Å². The summed E-state index contributed by atoms with van der Waals surface area (Å²) in [5.74, 6) is -0.996. The smallest absolute Gasteiger partial charge is 0.306 e. The Bertz CT molecular complexity index is 376.